The minimum atomic E-state index is -0.242. The average molecular weight is 263 g/mol. The van der Waals surface area contributed by atoms with E-state index in [9.17, 15) is 4.39 Å². The number of halogens is 1. The Kier molecular flexibility index (Phi) is 2.69. The van der Waals surface area contributed by atoms with Crippen LogP contribution in [0.1, 0.15) is 51.6 Å². The molecule has 3 atom stereocenters. The number of nitrogens with two attached hydrogens (primary N) is 1. The van der Waals surface area contributed by atoms with Crippen molar-refractivity contribution in [2.45, 2.75) is 51.7 Å². The first-order valence-corrected chi connectivity index (χ1v) is 7.05. The van der Waals surface area contributed by atoms with E-state index in [-0.39, 0.29) is 22.9 Å². The maximum atomic E-state index is 13.3. The van der Waals surface area contributed by atoms with Gasteiger partial charge in [0.05, 0.1) is 0 Å². The molecule has 1 heterocycles. The summed E-state index contributed by atoms with van der Waals surface area (Å²) in [5.41, 5.74) is 7.20. The first-order chi connectivity index (χ1) is 8.81. The minimum Gasteiger partial charge on any atom is -0.487 e. The van der Waals surface area contributed by atoms with Crippen molar-refractivity contribution in [3.8, 4) is 5.75 Å². The van der Waals surface area contributed by atoms with Crippen molar-refractivity contribution >= 4 is 0 Å². The molecular weight excluding hydrogens is 241 g/mol. The molecule has 0 aromatic heterocycles. The van der Waals surface area contributed by atoms with E-state index >= 15 is 0 Å². The summed E-state index contributed by atoms with van der Waals surface area (Å²) < 4.78 is 19.6. The summed E-state index contributed by atoms with van der Waals surface area (Å²) in [4.78, 5) is 0. The first kappa shape index (κ1) is 12.9. The summed E-state index contributed by atoms with van der Waals surface area (Å²) in [7, 11) is 0. The summed E-state index contributed by atoms with van der Waals surface area (Å²) in [6, 6.07) is 4.56. The number of rotatable bonds is 0. The maximum Gasteiger partial charge on any atom is 0.125 e. The number of hydrogen-bond acceptors (Lipinski definition) is 2. The Morgan fingerprint density at radius 3 is 2.68 bits per heavy atom. The van der Waals surface area contributed by atoms with Crippen molar-refractivity contribution in [2.75, 3.05) is 0 Å². The second-order valence-corrected chi connectivity index (χ2v) is 7.11. The van der Waals surface area contributed by atoms with Gasteiger partial charge in [-0.05, 0) is 42.4 Å². The van der Waals surface area contributed by atoms with E-state index in [1.54, 1.807) is 6.07 Å². The predicted octanol–water partition coefficient (Wildman–Crippen LogP) is 3.80. The molecule has 0 bridgehead atoms. The second-order valence-electron chi connectivity index (χ2n) is 7.11. The van der Waals surface area contributed by atoms with E-state index in [4.69, 9.17) is 10.5 Å². The van der Waals surface area contributed by atoms with Crippen molar-refractivity contribution in [1.29, 1.82) is 0 Å². The standard InChI is InChI=1S/C16H22FNO/c1-10-7-15(2,3)9-16(10)8-13(18)12-6-11(17)4-5-14(12)19-16/h4-6,10,13H,7-9,18H2,1-3H3. The summed E-state index contributed by atoms with van der Waals surface area (Å²) >= 11 is 0. The highest BCUT2D eigenvalue weighted by Gasteiger charge is 2.53. The van der Waals surface area contributed by atoms with Gasteiger partial charge in [-0.2, -0.15) is 0 Å². The predicted molar refractivity (Wildman–Crippen MR) is 73.5 cm³/mol. The SMILES string of the molecule is CC1CC(C)(C)CC12CC(N)c1cc(F)ccc1O2. The zero-order chi connectivity index (χ0) is 13.8. The molecule has 19 heavy (non-hydrogen) atoms. The van der Waals surface area contributed by atoms with Crippen LogP contribution in [0.25, 0.3) is 0 Å². The van der Waals surface area contributed by atoms with Gasteiger partial charge >= 0.3 is 0 Å². The Morgan fingerprint density at radius 2 is 2.05 bits per heavy atom. The number of benzene rings is 1. The van der Waals surface area contributed by atoms with Gasteiger partial charge in [-0.1, -0.05) is 20.8 Å². The number of fused-ring (bicyclic) bond motifs is 1. The van der Waals surface area contributed by atoms with Crippen LogP contribution in [-0.2, 0) is 0 Å². The molecular formula is C16H22FNO. The van der Waals surface area contributed by atoms with Crippen molar-refractivity contribution in [3.63, 3.8) is 0 Å². The van der Waals surface area contributed by atoms with Crippen LogP contribution in [0.5, 0.6) is 5.75 Å². The quantitative estimate of drug-likeness (QED) is 0.772. The Morgan fingerprint density at radius 1 is 1.32 bits per heavy atom. The molecule has 0 amide bonds. The highest BCUT2D eigenvalue weighted by Crippen LogP contribution is 2.55. The molecule has 1 aromatic carbocycles. The molecule has 2 nitrogen and oxygen atoms in total. The lowest BCUT2D eigenvalue weighted by atomic mass is 9.80. The second kappa shape index (κ2) is 3.95. The molecule has 2 aliphatic rings. The fourth-order valence-electron chi connectivity index (χ4n) is 4.13. The lowest BCUT2D eigenvalue weighted by molar-refractivity contribution is 0.00167. The third-order valence-electron chi connectivity index (χ3n) is 4.78. The van der Waals surface area contributed by atoms with Gasteiger partial charge in [0.15, 0.2) is 0 Å². The Labute approximate surface area is 114 Å². The fraction of sp³-hybridized carbons (Fsp3) is 0.625. The summed E-state index contributed by atoms with van der Waals surface area (Å²) in [6.45, 7) is 6.82. The largest absolute Gasteiger partial charge is 0.487 e. The lowest BCUT2D eigenvalue weighted by Crippen LogP contribution is -2.45. The van der Waals surface area contributed by atoms with Gasteiger partial charge in [-0.25, -0.2) is 4.39 Å². The summed E-state index contributed by atoms with van der Waals surface area (Å²) in [6.07, 6.45) is 2.95. The normalized spacial score (nSPS) is 36.1. The zero-order valence-electron chi connectivity index (χ0n) is 11.9. The molecule has 2 N–H and O–H groups in total. The van der Waals surface area contributed by atoms with Crippen LogP contribution in [0.15, 0.2) is 18.2 Å². The minimum absolute atomic E-state index is 0.129. The first-order valence-electron chi connectivity index (χ1n) is 7.05. The van der Waals surface area contributed by atoms with Crippen LogP contribution >= 0.6 is 0 Å². The fourth-order valence-corrected chi connectivity index (χ4v) is 4.13. The molecule has 1 fully saturated rings. The van der Waals surface area contributed by atoms with Crippen molar-refractivity contribution < 1.29 is 9.13 Å². The van der Waals surface area contributed by atoms with Crippen LogP contribution in [0, 0.1) is 17.2 Å². The molecule has 104 valence electrons. The van der Waals surface area contributed by atoms with E-state index in [1.165, 1.54) is 12.1 Å². The van der Waals surface area contributed by atoms with Gasteiger partial charge in [-0.15, -0.1) is 0 Å². The molecule has 3 unspecified atom stereocenters. The molecule has 1 aromatic rings. The van der Waals surface area contributed by atoms with Gasteiger partial charge in [0.2, 0.25) is 0 Å². The monoisotopic (exact) mass is 263 g/mol. The number of hydrogen-bond donors (Lipinski definition) is 1. The van der Waals surface area contributed by atoms with Crippen molar-refractivity contribution in [1.82, 2.24) is 0 Å². The van der Waals surface area contributed by atoms with E-state index < -0.39 is 0 Å². The number of ether oxygens (including phenoxy) is 1. The van der Waals surface area contributed by atoms with Crippen LogP contribution in [0.4, 0.5) is 4.39 Å². The van der Waals surface area contributed by atoms with Gasteiger partial charge in [0, 0.05) is 18.0 Å². The molecule has 0 radical (unpaired) electrons. The third kappa shape index (κ3) is 2.04. The highest BCUT2D eigenvalue weighted by atomic mass is 19.1. The Hall–Kier alpha value is -1.09. The Balaban J connectivity index is 1.99. The molecule has 3 heteroatoms. The Bertz CT molecular complexity index is 513. The molecule has 1 aliphatic heterocycles. The van der Waals surface area contributed by atoms with Crippen LogP contribution < -0.4 is 10.5 Å². The molecule has 1 spiro atoms. The topological polar surface area (TPSA) is 35.2 Å². The lowest BCUT2D eigenvalue weighted by Gasteiger charge is -2.42. The van der Waals surface area contributed by atoms with Gasteiger partial charge in [0.1, 0.15) is 17.2 Å². The van der Waals surface area contributed by atoms with Crippen LogP contribution in [0.3, 0.4) is 0 Å². The van der Waals surface area contributed by atoms with Crippen LogP contribution in [0.2, 0.25) is 0 Å². The average Bonchev–Trinajstić information content (AvgIpc) is 2.49. The van der Waals surface area contributed by atoms with E-state index in [2.05, 4.69) is 20.8 Å². The van der Waals surface area contributed by atoms with Gasteiger partial charge in [-0.3, -0.25) is 0 Å². The molecule has 1 aliphatic carbocycles. The zero-order valence-corrected chi connectivity index (χ0v) is 11.9. The molecule has 0 saturated heterocycles. The van der Waals surface area contributed by atoms with E-state index in [0.717, 1.165) is 30.6 Å². The third-order valence-corrected chi connectivity index (χ3v) is 4.78. The molecule has 1 saturated carbocycles. The summed E-state index contributed by atoms with van der Waals surface area (Å²) in [5, 5.41) is 0. The smallest absolute Gasteiger partial charge is 0.125 e. The maximum absolute atomic E-state index is 13.3. The highest BCUT2D eigenvalue weighted by molar-refractivity contribution is 5.39. The summed E-state index contributed by atoms with van der Waals surface area (Å²) in [5.74, 6) is 1.00. The van der Waals surface area contributed by atoms with Crippen molar-refractivity contribution in [2.24, 2.45) is 17.1 Å². The van der Waals surface area contributed by atoms with E-state index in [1.807, 2.05) is 0 Å². The van der Waals surface area contributed by atoms with Gasteiger partial charge < -0.3 is 10.5 Å². The van der Waals surface area contributed by atoms with Crippen LogP contribution in [-0.4, -0.2) is 5.60 Å². The molecule has 3 rings (SSSR count). The van der Waals surface area contributed by atoms with Crippen molar-refractivity contribution in [3.05, 3.63) is 29.6 Å². The van der Waals surface area contributed by atoms with E-state index in [0.29, 0.717) is 5.92 Å². The van der Waals surface area contributed by atoms with Gasteiger partial charge in [0.25, 0.3) is 0 Å².